The van der Waals surface area contributed by atoms with Crippen LogP contribution in [0.15, 0.2) is 6.20 Å². The van der Waals surface area contributed by atoms with E-state index in [1.165, 1.54) is 0 Å². The summed E-state index contributed by atoms with van der Waals surface area (Å²) in [6.07, 6.45) is 3.90. The second kappa shape index (κ2) is 4.40. The third-order valence-electron chi connectivity index (χ3n) is 3.85. The zero-order valence-corrected chi connectivity index (χ0v) is 10.6. The van der Waals surface area contributed by atoms with Crippen molar-refractivity contribution in [1.29, 1.82) is 0 Å². The molecule has 2 atom stereocenters. The highest BCUT2D eigenvalue weighted by Crippen LogP contribution is 2.25. The zero-order chi connectivity index (χ0) is 12.7. The Morgan fingerprint density at radius 2 is 2.28 bits per heavy atom. The van der Waals surface area contributed by atoms with E-state index in [1.54, 1.807) is 6.20 Å². The van der Waals surface area contributed by atoms with Crippen LogP contribution in [0.2, 0.25) is 0 Å². The first kappa shape index (κ1) is 11.7. The van der Waals surface area contributed by atoms with Gasteiger partial charge >= 0.3 is 0 Å². The first-order valence-electron chi connectivity index (χ1n) is 6.46. The predicted molar refractivity (Wildman–Crippen MR) is 67.5 cm³/mol. The van der Waals surface area contributed by atoms with Gasteiger partial charge in [0, 0.05) is 37.5 Å². The lowest BCUT2D eigenvalue weighted by Crippen LogP contribution is -2.33. The Morgan fingerprint density at radius 3 is 3.00 bits per heavy atom. The number of aromatic nitrogens is 2. The van der Waals surface area contributed by atoms with Gasteiger partial charge in [-0.1, -0.05) is 0 Å². The Balaban J connectivity index is 1.91. The van der Waals surface area contributed by atoms with Gasteiger partial charge in [-0.2, -0.15) is 0 Å². The van der Waals surface area contributed by atoms with Gasteiger partial charge < -0.3 is 10.6 Å². The van der Waals surface area contributed by atoms with Crippen LogP contribution in [0, 0.1) is 0 Å². The van der Waals surface area contributed by atoms with Crippen molar-refractivity contribution < 1.29 is 4.79 Å². The van der Waals surface area contributed by atoms with E-state index < -0.39 is 0 Å². The number of nitrogens with two attached hydrogens (primary N) is 1. The quantitative estimate of drug-likeness (QED) is 0.774. The van der Waals surface area contributed by atoms with E-state index in [4.69, 9.17) is 5.73 Å². The van der Waals surface area contributed by atoms with E-state index in [-0.39, 0.29) is 11.8 Å². The summed E-state index contributed by atoms with van der Waals surface area (Å²) in [7, 11) is 2.11. The normalized spacial score (nSPS) is 28.4. The topological polar surface area (TPSA) is 72.1 Å². The molecule has 0 radical (unpaired) electrons. The summed E-state index contributed by atoms with van der Waals surface area (Å²) in [5.74, 6) is 1.35. The van der Waals surface area contributed by atoms with Crippen LogP contribution >= 0.6 is 0 Å². The molecule has 0 saturated carbocycles. The monoisotopic (exact) mass is 246 g/mol. The van der Waals surface area contributed by atoms with Gasteiger partial charge in [0.2, 0.25) is 0 Å². The van der Waals surface area contributed by atoms with Gasteiger partial charge in [0.05, 0.1) is 11.3 Å². The summed E-state index contributed by atoms with van der Waals surface area (Å²) in [6.45, 7) is 2.09. The molecule has 2 unspecified atom stereocenters. The smallest absolute Gasteiger partial charge is 0.167 e. The second-order valence-electron chi connectivity index (χ2n) is 5.43. The standard InChI is InChI=1S/C13H18N4O/c1-17-3-2-8(7-17)13-15-6-10-11(16-13)4-9(14)5-12(10)18/h6,8-9H,2-5,7,14H2,1H3. The van der Waals surface area contributed by atoms with Gasteiger partial charge in [0.15, 0.2) is 5.78 Å². The maximum Gasteiger partial charge on any atom is 0.167 e. The number of rotatable bonds is 1. The summed E-state index contributed by atoms with van der Waals surface area (Å²) < 4.78 is 0. The molecule has 2 aliphatic rings. The average molecular weight is 246 g/mol. The molecule has 1 fully saturated rings. The van der Waals surface area contributed by atoms with Crippen molar-refractivity contribution >= 4 is 5.78 Å². The van der Waals surface area contributed by atoms with Gasteiger partial charge in [-0.3, -0.25) is 4.79 Å². The zero-order valence-electron chi connectivity index (χ0n) is 10.6. The van der Waals surface area contributed by atoms with Crippen molar-refractivity contribution in [1.82, 2.24) is 14.9 Å². The fourth-order valence-electron chi connectivity index (χ4n) is 2.83. The highest BCUT2D eigenvalue weighted by Gasteiger charge is 2.28. The molecule has 0 aromatic carbocycles. The fraction of sp³-hybridized carbons (Fsp3) is 0.615. The number of likely N-dealkylation sites (tertiary alicyclic amines) is 1. The number of likely N-dealkylation sites (N-methyl/N-ethyl adjacent to an activating group) is 1. The molecule has 0 spiro atoms. The number of ketones is 1. The molecule has 1 aromatic rings. The largest absolute Gasteiger partial charge is 0.327 e. The molecule has 1 aliphatic carbocycles. The molecule has 1 aliphatic heterocycles. The maximum absolute atomic E-state index is 11.8. The summed E-state index contributed by atoms with van der Waals surface area (Å²) in [5, 5.41) is 0. The van der Waals surface area contributed by atoms with Crippen molar-refractivity contribution in [2.24, 2.45) is 5.73 Å². The van der Waals surface area contributed by atoms with Crippen molar-refractivity contribution in [2.75, 3.05) is 20.1 Å². The molecule has 0 amide bonds. The SMILES string of the molecule is CN1CCC(c2ncc3c(n2)CC(N)CC3=O)C1. The number of nitrogens with zero attached hydrogens (tertiary/aromatic N) is 3. The lowest BCUT2D eigenvalue weighted by atomic mass is 9.92. The van der Waals surface area contributed by atoms with Crippen LogP contribution in [-0.4, -0.2) is 46.8 Å². The second-order valence-corrected chi connectivity index (χ2v) is 5.43. The van der Waals surface area contributed by atoms with Gasteiger partial charge in [-0.15, -0.1) is 0 Å². The van der Waals surface area contributed by atoms with E-state index in [1.807, 2.05) is 0 Å². The Kier molecular flexibility index (Phi) is 2.87. The van der Waals surface area contributed by atoms with E-state index in [0.29, 0.717) is 24.3 Å². The Morgan fingerprint density at radius 1 is 1.44 bits per heavy atom. The molecule has 1 saturated heterocycles. The number of hydrogen-bond donors (Lipinski definition) is 1. The summed E-state index contributed by atoms with van der Waals surface area (Å²) in [4.78, 5) is 23.1. The molecule has 3 rings (SSSR count). The lowest BCUT2D eigenvalue weighted by Gasteiger charge is -2.20. The van der Waals surface area contributed by atoms with Crippen molar-refractivity contribution in [2.45, 2.75) is 31.2 Å². The minimum atomic E-state index is -0.0843. The predicted octanol–water partition coefficient (Wildman–Crippen LogP) is 0.352. The highest BCUT2D eigenvalue weighted by atomic mass is 16.1. The molecule has 18 heavy (non-hydrogen) atoms. The fourth-order valence-corrected chi connectivity index (χ4v) is 2.83. The molecule has 5 nitrogen and oxygen atoms in total. The lowest BCUT2D eigenvalue weighted by molar-refractivity contribution is 0.0963. The third-order valence-corrected chi connectivity index (χ3v) is 3.85. The molecule has 5 heteroatoms. The number of Topliss-reactive ketones (excluding diaryl/α,β-unsaturated/α-hetero) is 1. The van der Waals surface area contributed by atoms with Crippen LogP contribution in [0.3, 0.4) is 0 Å². The summed E-state index contributed by atoms with van der Waals surface area (Å²) >= 11 is 0. The molecule has 0 bridgehead atoms. The van der Waals surface area contributed by atoms with Gasteiger partial charge in [0.25, 0.3) is 0 Å². The van der Waals surface area contributed by atoms with Gasteiger partial charge in [-0.25, -0.2) is 9.97 Å². The first-order valence-corrected chi connectivity index (χ1v) is 6.46. The van der Waals surface area contributed by atoms with Crippen LogP contribution in [0.4, 0.5) is 0 Å². The van der Waals surface area contributed by atoms with Crippen LogP contribution < -0.4 is 5.73 Å². The van der Waals surface area contributed by atoms with Crippen LogP contribution in [0.5, 0.6) is 0 Å². The first-order chi connectivity index (χ1) is 8.63. The maximum atomic E-state index is 11.8. The third kappa shape index (κ3) is 2.04. The molecule has 2 N–H and O–H groups in total. The van der Waals surface area contributed by atoms with E-state index in [2.05, 4.69) is 21.9 Å². The molecule has 96 valence electrons. The number of carbonyl (C=O) groups excluding carboxylic acids is 1. The Labute approximate surface area is 106 Å². The van der Waals surface area contributed by atoms with Crippen LogP contribution in [0.25, 0.3) is 0 Å². The number of hydrogen-bond acceptors (Lipinski definition) is 5. The molecule has 2 heterocycles. The van der Waals surface area contributed by atoms with Crippen molar-refractivity contribution in [3.05, 3.63) is 23.3 Å². The van der Waals surface area contributed by atoms with E-state index in [0.717, 1.165) is 31.0 Å². The number of carbonyl (C=O) groups is 1. The average Bonchev–Trinajstić information content (AvgIpc) is 2.75. The molecular weight excluding hydrogens is 228 g/mol. The number of fused-ring (bicyclic) bond motifs is 1. The summed E-state index contributed by atoms with van der Waals surface area (Å²) in [5.41, 5.74) is 7.39. The van der Waals surface area contributed by atoms with E-state index >= 15 is 0 Å². The Bertz CT molecular complexity index is 488. The molecule has 1 aromatic heterocycles. The minimum Gasteiger partial charge on any atom is -0.327 e. The van der Waals surface area contributed by atoms with E-state index in [9.17, 15) is 4.79 Å². The summed E-state index contributed by atoms with van der Waals surface area (Å²) in [6, 6.07) is -0.0843. The van der Waals surface area contributed by atoms with Gasteiger partial charge in [-0.05, 0) is 20.0 Å². The van der Waals surface area contributed by atoms with Crippen LogP contribution in [0.1, 0.15) is 40.6 Å². The van der Waals surface area contributed by atoms with Crippen LogP contribution in [-0.2, 0) is 6.42 Å². The van der Waals surface area contributed by atoms with Gasteiger partial charge in [0.1, 0.15) is 5.82 Å². The van der Waals surface area contributed by atoms with Crippen molar-refractivity contribution in [3.8, 4) is 0 Å². The van der Waals surface area contributed by atoms with Crippen molar-refractivity contribution in [3.63, 3.8) is 0 Å². The Hall–Kier alpha value is -1.33. The minimum absolute atomic E-state index is 0.0823. The molecular formula is C13H18N4O. The highest BCUT2D eigenvalue weighted by molar-refractivity contribution is 5.98.